The lowest BCUT2D eigenvalue weighted by atomic mass is 10.1. The minimum absolute atomic E-state index is 0.143. The molecule has 7 heteroatoms. The van der Waals surface area contributed by atoms with Crippen molar-refractivity contribution in [2.75, 3.05) is 18.3 Å². The Kier molecular flexibility index (Phi) is 4.40. The van der Waals surface area contributed by atoms with E-state index in [2.05, 4.69) is 4.98 Å². The molecule has 3 heterocycles. The molecular formula is C22H18N2O5. The van der Waals surface area contributed by atoms with Gasteiger partial charge in [0.1, 0.15) is 6.61 Å². The largest absolute Gasteiger partial charge is 0.485 e. The van der Waals surface area contributed by atoms with Crippen LogP contribution in [0, 0.1) is 0 Å². The third-order valence-electron chi connectivity index (χ3n) is 4.78. The minimum Gasteiger partial charge on any atom is -0.485 e. The van der Waals surface area contributed by atoms with Crippen molar-refractivity contribution in [1.82, 2.24) is 4.98 Å². The number of anilines is 1. The Morgan fingerprint density at radius 3 is 2.66 bits per heavy atom. The molecule has 0 bridgehead atoms. The Morgan fingerprint density at radius 1 is 0.966 bits per heavy atom. The number of hydrogen-bond acceptors (Lipinski definition) is 6. The summed E-state index contributed by atoms with van der Waals surface area (Å²) in [5, 5.41) is 0. The fourth-order valence-electron chi connectivity index (χ4n) is 3.34. The van der Waals surface area contributed by atoms with Crippen LogP contribution in [0.4, 0.5) is 5.69 Å². The van der Waals surface area contributed by atoms with Gasteiger partial charge in [0.25, 0.3) is 5.91 Å². The number of aromatic nitrogens is 1. The highest BCUT2D eigenvalue weighted by atomic mass is 16.7. The predicted octanol–water partition coefficient (Wildman–Crippen LogP) is 3.18. The van der Waals surface area contributed by atoms with Gasteiger partial charge in [0.15, 0.2) is 23.0 Å². The van der Waals surface area contributed by atoms with E-state index in [-0.39, 0.29) is 19.3 Å². The average molecular weight is 390 g/mol. The number of benzene rings is 2. The third kappa shape index (κ3) is 3.42. The van der Waals surface area contributed by atoms with Crippen molar-refractivity contribution < 1.29 is 23.7 Å². The fourth-order valence-corrected chi connectivity index (χ4v) is 3.34. The van der Waals surface area contributed by atoms with Gasteiger partial charge in [0, 0.05) is 24.1 Å². The lowest BCUT2D eigenvalue weighted by molar-refractivity contribution is -0.127. The quantitative estimate of drug-likeness (QED) is 0.682. The number of ether oxygens (including phenoxy) is 4. The zero-order valence-corrected chi connectivity index (χ0v) is 15.5. The van der Waals surface area contributed by atoms with E-state index in [0.29, 0.717) is 35.2 Å². The van der Waals surface area contributed by atoms with Crippen molar-refractivity contribution in [2.24, 2.45) is 0 Å². The van der Waals surface area contributed by atoms with Gasteiger partial charge in [-0.05, 0) is 35.9 Å². The van der Waals surface area contributed by atoms with E-state index in [0.717, 1.165) is 5.56 Å². The summed E-state index contributed by atoms with van der Waals surface area (Å²) >= 11 is 0. The number of para-hydroxylation sites is 2. The predicted molar refractivity (Wildman–Crippen MR) is 104 cm³/mol. The molecule has 0 fully saturated rings. The molecule has 0 saturated heterocycles. The van der Waals surface area contributed by atoms with Crippen molar-refractivity contribution in [2.45, 2.75) is 12.6 Å². The van der Waals surface area contributed by atoms with Crippen molar-refractivity contribution in [1.29, 1.82) is 0 Å². The van der Waals surface area contributed by atoms with Crippen LogP contribution in [0.1, 0.15) is 5.56 Å². The van der Waals surface area contributed by atoms with E-state index in [1.807, 2.05) is 36.4 Å². The highest BCUT2D eigenvalue weighted by molar-refractivity contribution is 5.97. The average Bonchev–Trinajstić information content (AvgIpc) is 3.25. The van der Waals surface area contributed by atoms with Gasteiger partial charge in [-0.25, -0.2) is 0 Å². The van der Waals surface area contributed by atoms with E-state index >= 15 is 0 Å². The molecule has 2 aliphatic rings. The van der Waals surface area contributed by atoms with E-state index in [1.165, 1.54) is 0 Å². The molecule has 0 spiro atoms. The molecule has 0 aliphatic carbocycles. The Balaban J connectivity index is 1.46. The first-order chi connectivity index (χ1) is 14.3. The first kappa shape index (κ1) is 17.4. The highest BCUT2D eigenvalue weighted by Crippen LogP contribution is 2.37. The maximum Gasteiger partial charge on any atom is 0.271 e. The fraction of sp³-hybridized carbons (Fsp3) is 0.182. The number of carbonyl (C=O) groups excluding carboxylic acids is 1. The third-order valence-corrected chi connectivity index (χ3v) is 4.78. The summed E-state index contributed by atoms with van der Waals surface area (Å²) in [4.78, 5) is 19.2. The van der Waals surface area contributed by atoms with Gasteiger partial charge in [-0.2, -0.15) is 0 Å². The van der Waals surface area contributed by atoms with Gasteiger partial charge >= 0.3 is 0 Å². The molecular weight excluding hydrogens is 372 g/mol. The zero-order valence-electron chi connectivity index (χ0n) is 15.5. The summed E-state index contributed by atoms with van der Waals surface area (Å²) in [5.74, 6) is 2.26. The van der Waals surface area contributed by atoms with Crippen LogP contribution in [-0.2, 0) is 11.3 Å². The molecule has 7 nitrogen and oxygen atoms in total. The molecule has 0 N–H and O–H groups in total. The molecule has 29 heavy (non-hydrogen) atoms. The summed E-state index contributed by atoms with van der Waals surface area (Å²) in [6.07, 6.45) is 2.68. The van der Waals surface area contributed by atoms with Gasteiger partial charge in [-0.15, -0.1) is 0 Å². The standard InChI is InChI=1S/C22H18N2O5/c25-22(21-13-26-17-5-1-2-6-19(17)29-21)24(12-15-4-3-9-23-11-15)16-7-8-18-20(10-16)28-14-27-18/h1-11,21H,12-14H2/t21-/m1/s1. The van der Waals surface area contributed by atoms with E-state index in [9.17, 15) is 4.79 Å². The molecule has 2 aliphatic heterocycles. The zero-order chi connectivity index (χ0) is 19.6. The van der Waals surface area contributed by atoms with Crippen LogP contribution >= 0.6 is 0 Å². The molecule has 1 aromatic heterocycles. The van der Waals surface area contributed by atoms with Gasteiger partial charge in [0.05, 0.1) is 6.54 Å². The second-order valence-corrected chi connectivity index (χ2v) is 6.69. The molecule has 0 radical (unpaired) electrons. The molecule has 2 aromatic carbocycles. The summed E-state index contributed by atoms with van der Waals surface area (Å²) in [5.41, 5.74) is 1.58. The van der Waals surface area contributed by atoms with Crippen LogP contribution in [0.3, 0.4) is 0 Å². The first-order valence-corrected chi connectivity index (χ1v) is 9.26. The van der Waals surface area contributed by atoms with Gasteiger partial charge in [-0.3, -0.25) is 9.78 Å². The van der Waals surface area contributed by atoms with Crippen molar-refractivity contribution in [3.8, 4) is 23.0 Å². The van der Waals surface area contributed by atoms with E-state index in [4.69, 9.17) is 18.9 Å². The highest BCUT2D eigenvalue weighted by Gasteiger charge is 2.32. The maximum absolute atomic E-state index is 13.4. The molecule has 5 rings (SSSR count). The monoisotopic (exact) mass is 390 g/mol. The van der Waals surface area contributed by atoms with E-state index in [1.54, 1.807) is 35.5 Å². The minimum atomic E-state index is -0.757. The number of amides is 1. The van der Waals surface area contributed by atoms with E-state index < -0.39 is 6.10 Å². The van der Waals surface area contributed by atoms with Crippen molar-refractivity contribution in [3.63, 3.8) is 0 Å². The summed E-state index contributed by atoms with van der Waals surface area (Å²) in [6, 6.07) is 16.5. The lowest BCUT2D eigenvalue weighted by Gasteiger charge is -2.31. The molecule has 146 valence electrons. The van der Waals surface area contributed by atoms with Crippen LogP contribution in [0.2, 0.25) is 0 Å². The van der Waals surface area contributed by atoms with Crippen LogP contribution in [-0.4, -0.2) is 30.4 Å². The number of carbonyl (C=O) groups is 1. The van der Waals surface area contributed by atoms with Crippen LogP contribution in [0.15, 0.2) is 67.0 Å². The SMILES string of the molecule is O=C([C@H]1COc2ccccc2O1)N(Cc1cccnc1)c1ccc2c(c1)OCO2. The summed E-state index contributed by atoms with van der Waals surface area (Å²) in [6.45, 7) is 0.656. The molecule has 1 atom stereocenters. The van der Waals surface area contributed by atoms with Crippen molar-refractivity contribution in [3.05, 3.63) is 72.6 Å². The van der Waals surface area contributed by atoms with Gasteiger partial charge in [0.2, 0.25) is 12.9 Å². The summed E-state index contributed by atoms with van der Waals surface area (Å²) in [7, 11) is 0. The van der Waals surface area contributed by atoms with Crippen molar-refractivity contribution >= 4 is 11.6 Å². The van der Waals surface area contributed by atoms with Gasteiger partial charge < -0.3 is 23.8 Å². The second kappa shape index (κ2) is 7.35. The Hall–Kier alpha value is -3.74. The molecule has 3 aromatic rings. The number of pyridine rings is 1. The second-order valence-electron chi connectivity index (χ2n) is 6.69. The maximum atomic E-state index is 13.4. The topological polar surface area (TPSA) is 70.1 Å². The van der Waals surface area contributed by atoms with Crippen LogP contribution in [0.5, 0.6) is 23.0 Å². The lowest BCUT2D eigenvalue weighted by Crippen LogP contribution is -2.46. The van der Waals surface area contributed by atoms with Crippen LogP contribution < -0.4 is 23.8 Å². The van der Waals surface area contributed by atoms with Gasteiger partial charge in [-0.1, -0.05) is 18.2 Å². The molecule has 0 saturated carbocycles. The molecule has 1 amide bonds. The first-order valence-electron chi connectivity index (χ1n) is 9.26. The smallest absolute Gasteiger partial charge is 0.271 e. The summed E-state index contributed by atoms with van der Waals surface area (Å²) < 4.78 is 22.5. The number of hydrogen-bond donors (Lipinski definition) is 0. The normalized spacial score (nSPS) is 16.3. The Bertz CT molecular complexity index is 1040. The Morgan fingerprint density at radius 2 is 1.79 bits per heavy atom. The Labute approximate surface area is 167 Å². The van der Waals surface area contributed by atoms with Crippen LogP contribution in [0.25, 0.3) is 0 Å². The number of nitrogens with zero attached hydrogens (tertiary/aromatic N) is 2. The number of rotatable bonds is 4. The molecule has 0 unspecified atom stereocenters. The number of fused-ring (bicyclic) bond motifs is 2.